The number of hydrogen-bond acceptors (Lipinski definition) is 0. The third-order valence-corrected chi connectivity index (χ3v) is 11.3. The van der Waals surface area contributed by atoms with Crippen molar-refractivity contribution in [1.82, 2.24) is 0 Å². The van der Waals surface area contributed by atoms with Gasteiger partial charge in [-0.25, -0.2) is 0 Å². The molecule has 0 nitrogen and oxygen atoms in total. The van der Waals surface area contributed by atoms with E-state index in [-0.39, 0.29) is 0 Å². The molecule has 0 heteroatoms. The molecule has 212 valence electrons. The van der Waals surface area contributed by atoms with Crippen LogP contribution in [0.25, 0.3) is 0 Å². The summed E-state index contributed by atoms with van der Waals surface area (Å²) in [5, 5.41) is 0. The predicted octanol–water partition coefficient (Wildman–Crippen LogP) is 10.8. The van der Waals surface area contributed by atoms with Gasteiger partial charge in [0.15, 0.2) is 0 Å². The van der Waals surface area contributed by atoms with Crippen LogP contribution in [0.15, 0.2) is 91.0 Å². The molecule has 0 aliphatic heterocycles. The molecule has 0 bridgehead atoms. The van der Waals surface area contributed by atoms with E-state index in [1.54, 1.807) is 5.56 Å². The Bertz CT molecular complexity index is 1300. The van der Waals surface area contributed by atoms with Crippen molar-refractivity contribution in [3.8, 4) is 12.3 Å². The fourth-order valence-corrected chi connectivity index (χ4v) is 8.46. The van der Waals surface area contributed by atoms with Crippen LogP contribution in [-0.2, 0) is 12.8 Å². The first kappa shape index (κ1) is 28.1. The van der Waals surface area contributed by atoms with Crippen molar-refractivity contribution in [2.75, 3.05) is 0 Å². The van der Waals surface area contributed by atoms with Gasteiger partial charge < -0.3 is 0 Å². The van der Waals surface area contributed by atoms with Crippen LogP contribution >= 0.6 is 0 Å². The van der Waals surface area contributed by atoms with Crippen LogP contribution in [0.1, 0.15) is 117 Å². The first-order chi connectivity index (χ1) is 20.1. The summed E-state index contributed by atoms with van der Waals surface area (Å²) in [5.41, 5.74) is 9.08. The van der Waals surface area contributed by atoms with Crippen molar-refractivity contribution < 1.29 is 0 Å². The van der Waals surface area contributed by atoms with Crippen LogP contribution in [0.4, 0.5) is 0 Å². The van der Waals surface area contributed by atoms with Gasteiger partial charge in [0, 0.05) is 11.5 Å². The van der Waals surface area contributed by atoms with Crippen molar-refractivity contribution in [2.45, 2.75) is 102 Å². The lowest BCUT2D eigenvalue weighted by molar-refractivity contribution is 0.0693. The minimum Gasteiger partial charge on any atom is -0.115 e. The summed E-state index contributed by atoms with van der Waals surface area (Å²) in [4.78, 5) is 0. The molecule has 0 saturated heterocycles. The van der Waals surface area contributed by atoms with E-state index in [1.807, 2.05) is 0 Å². The molecule has 0 N–H and O–H groups in total. The highest BCUT2D eigenvalue weighted by Crippen LogP contribution is 2.54. The summed E-state index contributed by atoms with van der Waals surface area (Å²) < 4.78 is 0. The van der Waals surface area contributed by atoms with Gasteiger partial charge in [-0.3, -0.25) is 0 Å². The third-order valence-electron chi connectivity index (χ3n) is 11.3. The second kappa shape index (κ2) is 12.9. The Balaban J connectivity index is 1.12. The number of benzene rings is 3. The lowest BCUT2D eigenvalue weighted by Gasteiger charge is -2.47. The Morgan fingerprint density at radius 3 is 2.07 bits per heavy atom. The average Bonchev–Trinajstić information content (AvgIpc) is 3.01. The number of terminal acetylenes is 1. The fraction of sp³-hybridized carbons (Fsp3) is 0.463. The van der Waals surface area contributed by atoms with E-state index in [0.29, 0.717) is 11.8 Å². The van der Waals surface area contributed by atoms with E-state index in [4.69, 9.17) is 13.0 Å². The highest BCUT2D eigenvalue weighted by molar-refractivity contribution is 5.35. The molecule has 1 atom stereocenters. The minimum atomic E-state index is 0.466. The van der Waals surface area contributed by atoms with Crippen molar-refractivity contribution in [1.29, 1.82) is 0 Å². The largest absolute Gasteiger partial charge is 0.115 e. The topological polar surface area (TPSA) is 0 Å². The van der Waals surface area contributed by atoms with Crippen LogP contribution in [0.3, 0.4) is 0 Å². The van der Waals surface area contributed by atoms with Crippen molar-refractivity contribution in [3.05, 3.63) is 119 Å². The Hall–Kier alpha value is -3.04. The molecular weight excluding hydrogens is 492 g/mol. The number of aryl methyl sites for hydroxylation is 1. The normalized spacial score (nSPS) is 22.9. The van der Waals surface area contributed by atoms with E-state index < -0.39 is 0 Å². The van der Waals surface area contributed by atoms with Crippen LogP contribution in [0.2, 0.25) is 0 Å². The highest BCUT2D eigenvalue weighted by Gasteiger charge is 2.40. The maximum Gasteiger partial charge on any atom is 0.0242 e. The summed E-state index contributed by atoms with van der Waals surface area (Å²) >= 11 is 0. The smallest absolute Gasteiger partial charge is 0.0242 e. The minimum absolute atomic E-state index is 0.466. The van der Waals surface area contributed by atoms with Crippen molar-refractivity contribution in [3.63, 3.8) is 0 Å². The lowest BCUT2D eigenvalue weighted by atomic mass is 9.58. The summed E-state index contributed by atoms with van der Waals surface area (Å²) in [6, 6.07) is 29.6. The zero-order valence-electron chi connectivity index (χ0n) is 25.0. The monoisotopic (exact) mass is 540 g/mol. The van der Waals surface area contributed by atoms with Crippen molar-refractivity contribution >= 4 is 0 Å². The SMILES string of the molecule is C#Cc1ccc(CC2CCC(C(C(=C)CCc3ccccc3)c3ccc(C4CCC5(CCC5)CC4)cc3)CC2)cc1. The number of rotatable bonds is 9. The maximum absolute atomic E-state index is 5.56. The molecule has 0 aromatic heterocycles. The van der Waals surface area contributed by atoms with Crippen LogP contribution in [0.5, 0.6) is 0 Å². The van der Waals surface area contributed by atoms with Gasteiger partial charge in [-0.2, -0.15) is 0 Å². The van der Waals surface area contributed by atoms with Gasteiger partial charge in [0.05, 0.1) is 0 Å². The highest BCUT2D eigenvalue weighted by atomic mass is 14.4. The second-order valence-corrected chi connectivity index (χ2v) is 13.7. The van der Waals surface area contributed by atoms with E-state index >= 15 is 0 Å². The van der Waals surface area contributed by atoms with E-state index in [0.717, 1.165) is 35.7 Å². The zero-order valence-corrected chi connectivity index (χ0v) is 25.0. The predicted molar refractivity (Wildman–Crippen MR) is 174 cm³/mol. The molecule has 3 aliphatic rings. The van der Waals surface area contributed by atoms with Gasteiger partial charge in [-0.1, -0.05) is 91.2 Å². The van der Waals surface area contributed by atoms with Crippen LogP contribution < -0.4 is 0 Å². The summed E-state index contributed by atoms with van der Waals surface area (Å²) in [6.45, 7) is 4.75. The molecular formula is C41H48. The maximum atomic E-state index is 5.56. The lowest BCUT2D eigenvalue weighted by Crippen LogP contribution is -2.33. The molecule has 6 rings (SSSR count). The van der Waals surface area contributed by atoms with Crippen LogP contribution in [0, 0.1) is 29.6 Å². The standard InChI is InChI=1S/C41H48/c1-3-32-12-14-34(15-13-32)30-35-16-18-38(19-17-35)40(31(2)10-11-33-8-5-4-6-9-33)39-22-20-36(21-23-39)37-24-28-41(29-25-37)26-7-27-41/h1,4-6,8-9,12-15,20-23,35,37-38,40H,2,7,10-11,16-19,24-30H2. The fourth-order valence-electron chi connectivity index (χ4n) is 8.46. The zero-order chi connectivity index (χ0) is 28.1. The van der Waals surface area contributed by atoms with Gasteiger partial charge in [0.1, 0.15) is 0 Å². The van der Waals surface area contributed by atoms with Crippen LogP contribution in [-0.4, -0.2) is 0 Å². The molecule has 3 fully saturated rings. The molecule has 41 heavy (non-hydrogen) atoms. The molecule has 1 spiro atoms. The third kappa shape index (κ3) is 6.72. The Kier molecular flexibility index (Phi) is 8.81. The molecule has 0 heterocycles. The van der Waals surface area contributed by atoms with Gasteiger partial charge in [0.2, 0.25) is 0 Å². The molecule has 3 aliphatic carbocycles. The molecule has 0 radical (unpaired) electrons. The van der Waals surface area contributed by atoms with Gasteiger partial charge in [-0.15, -0.1) is 6.42 Å². The van der Waals surface area contributed by atoms with Gasteiger partial charge >= 0.3 is 0 Å². The van der Waals surface area contributed by atoms with E-state index in [1.165, 1.54) is 99.3 Å². The van der Waals surface area contributed by atoms with E-state index in [2.05, 4.69) is 84.8 Å². The summed E-state index contributed by atoms with van der Waals surface area (Å²) in [5.74, 6) is 5.44. The van der Waals surface area contributed by atoms with Gasteiger partial charge in [-0.05, 0) is 141 Å². The number of hydrogen-bond donors (Lipinski definition) is 0. The molecule has 1 unspecified atom stereocenters. The average molecular weight is 541 g/mol. The summed E-state index contributed by atoms with van der Waals surface area (Å²) in [6.07, 6.45) is 24.3. The summed E-state index contributed by atoms with van der Waals surface area (Å²) in [7, 11) is 0. The first-order valence-corrected chi connectivity index (χ1v) is 16.5. The Morgan fingerprint density at radius 2 is 1.46 bits per heavy atom. The number of allylic oxidation sites excluding steroid dienone is 1. The Morgan fingerprint density at radius 1 is 0.780 bits per heavy atom. The van der Waals surface area contributed by atoms with E-state index in [9.17, 15) is 0 Å². The quantitative estimate of drug-likeness (QED) is 0.187. The molecule has 3 saturated carbocycles. The molecule has 3 aromatic carbocycles. The van der Waals surface area contributed by atoms with Crippen molar-refractivity contribution in [2.24, 2.45) is 17.3 Å². The second-order valence-electron chi connectivity index (χ2n) is 13.7. The molecule has 0 amide bonds. The van der Waals surface area contributed by atoms with Gasteiger partial charge in [0.25, 0.3) is 0 Å². The molecule has 3 aromatic rings. The first-order valence-electron chi connectivity index (χ1n) is 16.5. The Labute approximate surface area is 249 Å².